The maximum absolute atomic E-state index is 12.1. The van der Waals surface area contributed by atoms with Crippen molar-refractivity contribution in [3.05, 3.63) is 21.9 Å². The number of likely N-dealkylation sites (tertiary alicyclic amines) is 1. The Hall–Kier alpha value is -0.870. The van der Waals surface area contributed by atoms with Gasteiger partial charge in [0.15, 0.2) is 0 Å². The Morgan fingerprint density at radius 1 is 1.59 bits per heavy atom. The van der Waals surface area contributed by atoms with Crippen molar-refractivity contribution in [3.8, 4) is 0 Å². The highest BCUT2D eigenvalue weighted by molar-refractivity contribution is 7.12. The number of hydrogen-bond acceptors (Lipinski definition) is 3. The van der Waals surface area contributed by atoms with Gasteiger partial charge in [0.2, 0.25) is 5.91 Å². The molecule has 1 N–H and O–H groups in total. The van der Waals surface area contributed by atoms with Gasteiger partial charge in [0.25, 0.3) is 0 Å². The van der Waals surface area contributed by atoms with Crippen molar-refractivity contribution in [2.24, 2.45) is 5.92 Å². The number of aryl methyl sites for hydroxylation is 1. The van der Waals surface area contributed by atoms with Crippen molar-refractivity contribution in [1.82, 2.24) is 10.2 Å². The Bertz CT molecular complexity index is 389. The van der Waals surface area contributed by atoms with E-state index in [-0.39, 0.29) is 5.91 Å². The molecule has 4 heteroatoms. The monoisotopic (exact) mass is 252 g/mol. The summed E-state index contributed by atoms with van der Waals surface area (Å²) in [6, 6.07) is 4.15. The number of rotatable bonds is 4. The largest absolute Gasteiger partial charge is 0.342 e. The third-order valence-electron chi connectivity index (χ3n) is 3.25. The summed E-state index contributed by atoms with van der Waals surface area (Å²) in [6.07, 6.45) is 1.71. The zero-order valence-electron chi connectivity index (χ0n) is 10.5. The van der Waals surface area contributed by atoms with E-state index in [9.17, 15) is 4.79 Å². The maximum atomic E-state index is 12.1. The van der Waals surface area contributed by atoms with Crippen LogP contribution < -0.4 is 5.32 Å². The van der Waals surface area contributed by atoms with Gasteiger partial charge in [-0.1, -0.05) is 0 Å². The zero-order valence-corrected chi connectivity index (χ0v) is 11.3. The maximum Gasteiger partial charge on any atom is 0.227 e. The van der Waals surface area contributed by atoms with Crippen LogP contribution >= 0.6 is 11.3 Å². The number of nitrogens with zero attached hydrogens (tertiary/aromatic N) is 1. The fraction of sp³-hybridized carbons (Fsp3) is 0.615. The minimum atomic E-state index is 0.283. The summed E-state index contributed by atoms with van der Waals surface area (Å²) in [5, 5.41) is 3.19. The second-order valence-corrected chi connectivity index (χ2v) is 6.11. The lowest BCUT2D eigenvalue weighted by molar-refractivity contribution is -0.129. The average molecular weight is 252 g/mol. The van der Waals surface area contributed by atoms with Gasteiger partial charge in [0, 0.05) is 22.8 Å². The first-order valence-electron chi connectivity index (χ1n) is 6.16. The van der Waals surface area contributed by atoms with Crippen LogP contribution in [0.25, 0.3) is 0 Å². The lowest BCUT2D eigenvalue weighted by Gasteiger charge is -2.16. The summed E-state index contributed by atoms with van der Waals surface area (Å²) in [6.45, 7) is 4.94. The third-order valence-corrected chi connectivity index (χ3v) is 4.25. The predicted molar refractivity (Wildman–Crippen MR) is 71.4 cm³/mol. The molecule has 1 unspecified atom stereocenters. The predicted octanol–water partition coefficient (Wildman–Crippen LogP) is 1.67. The Morgan fingerprint density at radius 2 is 2.41 bits per heavy atom. The Balaban J connectivity index is 1.85. The van der Waals surface area contributed by atoms with E-state index in [1.165, 1.54) is 9.75 Å². The molecule has 17 heavy (non-hydrogen) atoms. The van der Waals surface area contributed by atoms with E-state index in [0.717, 1.165) is 26.1 Å². The summed E-state index contributed by atoms with van der Waals surface area (Å²) in [5.41, 5.74) is 0. The van der Waals surface area contributed by atoms with Gasteiger partial charge >= 0.3 is 0 Å². The van der Waals surface area contributed by atoms with Crippen molar-refractivity contribution >= 4 is 17.2 Å². The van der Waals surface area contributed by atoms with Crippen LogP contribution in [0.3, 0.4) is 0 Å². The van der Waals surface area contributed by atoms with Crippen LogP contribution in [0.2, 0.25) is 0 Å². The molecule has 1 aromatic heterocycles. The highest BCUT2D eigenvalue weighted by Gasteiger charge is 2.25. The van der Waals surface area contributed by atoms with E-state index in [1.807, 2.05) is 11.9 Å². The molecule has 0 aliphatic carbocycles. The number of carbonyl (C=O) groups is 1. The molecule has 1 amide bonds. The minimum absolute atomic E-state index is 0.283. The van der Waals surface area contributed by atoms with Gasteiger partial charge in [-0.05, 0) is 45.0 Å². The van der Waals surface area contributed by atoms with Gasteiger partial charge in [0.1, 0.15) is 0 Å². The first kappa shape index (κ1) is 12.6. The Labute approximate surface area is 107 Å². The van der Waals surface area contributed by atoms with Crippen molar-refractivity contribution in [1.29, 1.82) is 0 Å². The highest BCUT2D eigenvalue weighted by Crippen LogP contribution is 2.20. The molecule has 94 valence electrons. The fourth-order valence-electron chi connectivity index (χ4n) is 2.36. The second kappa shape index (κ2) is 5.65. The molecule has 1 saturated heterocycles. The van der Waals surface area contributed by atoms with E-state index >= 15 is 0 Å². The quantitative estimate of drug-likeness (QED) is 0.884. The number of amides is 1. The van der Waals surface area contributed by atoms with Crippen LogP contribution in [0.5, 0.6) is 0 Å². The molecule has 0 aromatic carbocycles. The normalized spacial score (nSPS) is 19.9. The van der Waals surface area contributed by atoms with E-state index in [4.69, 9.17) is 0 Å². The van der Waals surface area contributed by atoms with Crippen LogP contribution in [-0.2, 0) is 11.2 Å². The number of thiophene rings is 1. The lowest BCUT2D eigenvalue weighted by Crippen LogP contribution is -2.31. The molecule has 0 radical (unpaired) electrons. The summed E-state index contributed by atoms with van der Waals surface area (Å²) >= 11 is 1.73. The lowest BCUT2D eigenvalue weighted by atomic mass is 10.1. The van der Waals surface area contributed by atoms with Crippen molar-refractivity contribution < 1.29 is 4.79 Å². The molecule has 1 aromatic rings. The zero-order chi connectivity index (χ0) is 12.3. The van der Waals surface area contributed by atoms with Gasteiger partial charge in [-0.15, -0.1) is 11.3 Å². The Kier molecular flexibility index (Phi) is 4.18. The van der Waals surface area contributed by atoms with Crippen LogP contribution in [-0.4, -0.2) is 37.5 Å². The molecule has 2 rings (SSSR count). The molecule has 0 spiro atoms. The van der Waals surface area contributed by atoms with Crippen LogP contribution in [0.1, 0.15) is 16.2 Å². The summed E-state index contributed by atoms with van der Waals surface area (Å²) in [4.78, 5) is 16.6. The number of hydrogen-bond donors (Lipinski definition) is 1. The highest BCUT2D eigenvalue weighted by atomic mass is 32.1. The molecule has 3 nitrogen and oxygen atoms in total. The minimum Gasteiger partial charge on any atom is -0.342 e. The van der Waals surface area contributed by atoms with Crippen molar-refractivity contribution in [3.63, 3.8) is 0 Å². The molecular weight excluding hydrogens is 232 g/mol. The number of nitrogens with one attached hydrogen (secondary N) is 1. The van der Waals surface area contributed by atoms with E-state index < -0.39 is 0 Å². The summed E-state index contributed by atoms with van der Waals surface area (Å²) in [5.74, 6) is 0.916. The van der Waals surface area contributed by atoms with Crippen LogP contribution in [0, 0.1) is 12.8 Å². The topological polar surface area (TPSA) is 32.3 Å². The molecular formula is C13H20N2OS. The van der Waals surface area contributed by atoms with Gasteiger partial charge in [-0.2, -0.15) is 0 Å². The van der Waals surface area contributed by atoms with Gasteiger partial charge in [-0.25, -0.2) is 0 Å². The van der Waals surface area contributed by atoms with E-state index in [0.29, 0.717) is 12.3 Å². The number of carbonyl (C=O) groups excluding carboxylic acids is 1. The van der Waals surface area contributed by atoms with Crippen LogP contribution in [0.15, 0.2) is 12.1 Å². The van der Waals surface area contributed by atoms with E-state index in [1.54, 1.807) is 11.3 Å². The molecule has 1 atom stereocenters. The third kappa shape index (κ3) is 3.30. The fourth-order valence-corrected chi connectivity index (χ4v) is 3.24. The molecule has 0 saturated carbocycles. The molecule has 0 bridgehead atoms. The van der Waals surface area contributed by atoms with E-state index in [2.05, 4.69) is 24.4 Å². The summed E-state index contributed by atoms with van der Waals surface area (Å²) < 4.78 is 0. The van der Waals surface area contributed by atoms with Crippen molar-refractivity contribution in [2.45, 2.75) is 19.8 Å². The molecule has 1 fully saturated rings. The summed E-state index contributed by atoms with van der Waals surface area (Å²) in [7, 11) is 1.97. The molecule has 2 heterocycles. The first-order valence-corrected chi connectivity index (χ1v) is 6.98. The smallest absolute Gasteiger partial charge is 0.227 e. The Morgan fingerprint density at radius 3 is 3.06 bits per heavy atom. The average Bonchev–Trinajstić information content (AvgIpc) is 2.88. The van der Waals surface area contributed by atoms with Gasteiger partial charge in [0.05, 0.1) is 6.42 Å². The first-order chi connectivity index (χ1) is 8.19. The van der Waals surface area contributed by atoms with Gasteiger partial charge in [-0.3, -0.25) is 4.79 Å². The standard InChI is InChI=1S/C13H20N2OS/c1-10-3-4-12(17-10)7-13(16)15-6-5-11(9-15)8-14-2/h3-4,11,14H,5-9H2,1-2H3. The van der Waals surface area contributed by atoms with Crippen LogP contribution in [0.4, 0.5) is 0 Å². The molecule has 1 aliphatic heterocycles. The van der Waals surface area contributed by atoms with Crippen molar-refractivity contribution in [2.75, 3.05) is 26.7 Å². The SMILES string of the molecule is CNCC1CCN(C(=O)Cc2ccc(C)s2)C1. The second-order valence-electron chi connectivity index (χ2n) is 4.74. The van der Waals surface area contributed by atoms with Gasteiger partial charge < -0.3 is 10.2 Å². The molecule has 1 aliphatic rings.